The predicted octanol–water partition coefficient (Wildman–Crippen LogP) is 4.60. The molecule has 0 aliphatic rings. The fourth-order valence-corrected chi connectivity index (χ4v) is 3.15. The highest BCUT2D eigenvalue weighted by Gasteiger charge is 2.14. The summed E-state index contributed by atoms with van der Waals surface area (Å²) >= 11 is 0. The van der Waals surface area contributed by atoms with Crippen LogP contribution in [0.1, 0.15) is 0 Å². The average molecular weight is 327 g/mol. The van der Waals surface area contributed by atoms with Crippen molar-refractivity contribution in [2.45, 2.75) is 25.7 Å². The number of nitrogens with one attached hydrogen (secondary N) is 2. The monoisotopic (exact) mass is 327 g/mol. The number of ether oxygens (including phenoxy) is 1. The molecule has 0 saturated heterocycles. The minimum atomic E-state index is -1.19. The van der Waals surface area contributed by atoms with Gasteiger partial charge in [-0.15, -0.1) is 0 Å². The first-order valence-electron chi connectivity index (χ1n) is 7.72. The molecule has 0 bridgehead atoms. The SMILES string of the molecule is C[Si](C)(C)CCOC(=O)Nc1ccc2c(c1)[nH]c1cnccc12. The number of aromatic nitrogens is 2. The minimum absolute atomic E-state index is 0.402. The summed E-state index contributed by atoms with van der Waals surface area (Å²) in [5, 5.41) is 5.02. The van der Waals surface area contributed by atoms with Gasteiger partial charge in [-0.05, 0) is 24.2 Å². The highest BCUT2D eigenvalue weighted by atomic mass is 28.3. The lowest BCUT2D eigenvalue weighted by atomic mass is 10.2. The third kappa shape index (κ3) is 3.71. The molecular formula is C17H21N3O2Si. The van der Waals surface area contributed by atoms with Gasteiger partial charge in [0.2, 0.25) is 0 Å². The lowest BCUT2D eigenvalue weighted by molar-refractivity contribution is 0.167. The van der Waals surface area contributed by atoms with Crippen LogP contribution >= 0.6 is 0 Å². The zero-order valence-electron chi connectivity index (χ0n) is 13.6. The molecule has 0 aliphatic carbocycles. The first kappa shape index (κ1) is 15.5. The number of pyridine rings is 1. The molecule has 0 saturated carbocycles. The molecule has 1 amide bonds. The third-order valence-electron chi connectivity index (χ3n) is 3.73. The highest BCUT2D eigenvalue weighted by molar-refractivity contribution is 6.76. The Hall–Kier alpha value is -2.34. The van der Waals surface area contributed by atoms with Crippen LogP contribution in [-0.4, -0.2) is 30.7 Å². The van der Waals surface area contributed by atoms with Gasteiger partial charge >= 0.3 is 6.09 Å². The summed E-state index contributed by atoms with van der Waals surface area (Å²) < 4.78 is 5.26. The molecule has 3 rings (SSSR count). The van der Waals surface area contributed by atoms with Gasteiger partial charge in [0.05, 0.1) is 18.3 Å². The van der Waals surface area contributed by atoms with Crippen molar-refractivity contribution < 1.29 is 9.53 Å². The van der Waals surface area contributed by atoms with E-state index < -0.39 is 14.2 Å². The van der Waals surface area contributed by atoms with E-state index in [9.17, 15) is 4.79 Å². The molecule has 6 heteroatoms. The van der Waals surface area contributed by atoms with Gasteiger partial charge in [0, 0.05) is 36.2 Å². The maximum Gasteiger partial charge on any atom is 0.411 e. The molecule has 23 heavy (non-hydrogen) atoms. The molecule has 0 unspecified atom stereocenters. The average Bonchev–Trinajstić information content (AvgIpc) is 2.83. The van der Waals surface area contributed by atoms with E-state index in [0.29, 0.717) is 6.61 Å². The standard InChI is InChI=1S/C17H21N3O2Si/c1-23(2,3)9-8-22-17(21)19-12-4-5-13-14-6-7-18-11-16(14)20-15(13)10-12/h4-7,10-11,20H,8-9H2,1-3H3,(H,19,21). The predicted molar refractivity (Wildman–Crippen MR) is 96.7 cm³/mol. The van der Waals surface area contributed by atoms with Crippen molar-refractivity contribution in [2.75, 3.05) is 11.9 Å². The van der Waals surface area contributed by atoms with Gasteiger partial charge in [0.15, 0.2) is 0 Å². The first-order chi connectivity index (χ1) is 10.9. The summed E-state index contributed by atoms with van der Waals surface area (Å²) in [6.07, 6.45) is 3.17. The van der Waals surface area contributed by atoms with E-state index in [2.05, 4.69) is 34.9 Å². The topological polar surface area (TPSA) is 67.0 Å². The Bertz CT molecular complexity index is 852. The fourth-order valence-electron chi connectivity index (χ4n) is 2.44. The Labute approximate surface area is 136 Å². The molecule has 5 nitrogen and oxygen atoms in total. The van der Waals surface area contributed by atoms with Crippen molar-refractivity contribution in [2.24, 2.45) is 0 Å². The second-order valence-electron chi connectivity index (χ2n) is 6.88. The Kier molecular flexibility index (Phi) is 4.08. The Morgan fingerprint density at radius 2 is 2.00 bits per heavy atom. The Morgan fingerprint density at radius 3 is 2.78 bits per heavy atom. The smallest absolute Gasteiger partial charge is 0.411 e. The van der Waals surface area contributed by atoms with E-state index in [4.69, 9.17) is 4.74 Å². The molecule has 0 atom stereocenters. The van der Waals surface area contributed by atoms with Crippen LogP contribution in [0.5, 0.6) is 0 Å². The van der Waals surface area contributed by atoms with Crippen molar-refractivity contribution in [3.8, 4) is 0 Å². The van der Waals surface area contributed by atoms with E-state index in [1.54, 1.807) is 12.4 Å². The van der Waals surface area contributed by atoms with E-state index in [-0.39, 0.29) is 0 Å². The summed E-state index contributed by atoms with van der Waals surface area (Å²) in [5.41, 5.74) is 2.67. The molecule has 1 aromatic carbocycles. The number of carbonyl (C=O) groups is 1. The largest absolute Gasteiger partial charge is 0.450 e. The second-order valence-corrected chi connectivity index (χ2v) is 12.5. The van der Waals surface area contributed by atoms with Gasteiger partial charge < -0.3 is 9.72 Å². The van der Waals surface area contributed by atoms with E-state index in [1.807, 2.05) is 24.3 Å². The second kappa shape index (κ2) is 6.04. The van der Waals surface area contributed by atoms with Crippen molar-refractivity contribution in [3.05, 3.63) is 36.7 Å². The first-order valence-corrected chi connectivity index (χ1v) is 11.4. The zero-order valence-corrected chi connectivity index (χ0v) is 14.6. The van der Waals surface area contributed by atoms with Crippen molar-refractivity contribution in [1.29, 1.82) is 0 Å². The van der Waals surface area contributed by atoms with Gasteiger partial charge in [0.25, 0.3) is 0 Å². The summed E-state index contributed by atoms with van der Waals surface area (Å²) in [6, 6.07) is 8.73. The molecule has 0 aliphatic heterocycles. The number of hydrogen-bond acceptors (Lipinski definition) is 3. The summed E-state index contributed by atoms with van der Waals surface area (Å²) in [7, 11) is -1.19. The van der Waals surface area contributed by atoms with Crippen LogP contribution in [0, 0.1) is 0 Å². The van der Waals surface area contributed by atoms with Crippen LogP contribution in [0.25, 0.3) is 21.8 Å². The maximum absolute atomic E-state index is 11.9. The third-order valence-corrected chi connectivity index (χ3v) is 5.44. The maximum atomic E-state index is 11.9. The van der Waals surface area contributed by atoms with Crippen molar-refractivity contribution in [1.82, 2.24) is 9.97 Å². The summed E-state index contributed by atoms with van der Waals surface area (Å²) in [6.45, 7) is 7.24. The van der Waals surface area contributed by atoms with E-state index in [1.165, 1.54) is 0 Å². The van der Waals surface area contributed by atoms with Crippen LogP contribution in [0.3, 0.4) is 0 Å². The number of aromatic amines is 1. The Morgan fingerprint density at radius 1 is 1.22 bits per heavy atom. The minimum Gasteiger partial charge on any atom is -0.450 e. The van der Waals surface area contributed by atoms with Crippen molar-refractivity contribution in [3.63, 3.8) is 0 Å². The fraction of sp³-hybridized carbons (Fsp3) is 0.294. The number of hydrogen-bond donors (Lipinski definition) is 2. The van der Waals surface area contributed by atoms with Crippen LogP contribution in [-0.2, 0) is 4.74 Å². The highest BCUT2D eigenvalue weighted by Crippen LogP contribution is 2.26. The van der Waals surface area contributed by atoms with Crippen LogP contribution in [0.2, 0.25) is 25.7 Å². The molecule has 0 fully saturated rings. The molecule has 2 aromatic heterocycles. The van der Waals surface area contributed by atoms with Gasteiger partial charge in [-0.2, -0.15) is 0 Å². The number of carbonyl (C=O) groups excluding carboxylic acids is 1. The molecule has 120 valence electrons. The van der Waals surface area contributed by atoms with Crippen molar-refractivity contribution >= 4 is 41.7 Å². The molecule has 0 radical (unpaired) electrons. The molecular weight excluding hydrogens is 306 g/mol. The molecule has 2 heterocycles. The number of anilines is 1. The molecule has 3 aromatic rings. The van der Waals surface area contributed by atoms with Gasteiger partial charge in [-0.3, -0.25) is 10.3 Å². The van der Waals surface area contributed by atoms with E-state index in [0.717, 1.165) is 33.5 Å². The van der Waals surface area contributed by atoms with Gasteiger partial charge in [-0.1, -0.05) is 25.7 Å². The molecule has 2 N–H and O–H groups in total. The van der Waals surface area contributed by atoms with Crippen LogP contribution < -0.4 is 5.32 Å². The number of benzene rings is 1. The lowest BCUT2D eigenvalue weighted by Crippen LogP contribution is -2.24. The van der Waals surface area contributed by atoms with Crippen LogP contribution in [0.4, 0.5) is 10.5 Å². The van der Waals surface area contributed by atoms with Crippen LogP contribution in [0.15, 0.2) is 36.7 Å². The number of nitrogens with zero attached hydrogens (tertiary/aromatic N) is 1. The van der Waals surface area contributed by atoms with Gasteiger partial charge in [-0.25, -0.2) is 4.79 Å². The number of amides is 1. The number of rotatable bonds is 4. The quantitative estimate of drug-likeness (QED) is 0.688. The lowest BCUT2D eigenvalue weighted by Gasteiger charge is -2.15. The number of H-pyrrole nitrogens is 1. The zero-order chi connectivity index (χ0) is 16.4. The number of fused-ring (bicyclic) bond motifs is 3. The van der Waals surface area contributed by atoms with E-state index >= 15 is 0 Å². The van der Waals surface area contributed by atoms with Gasteiger partial charge in [0.1, 0.15) is 0 Å². The molecule has 0 spiro atoms. The Balaban J connectivity index is 1.71. The summed E-state index contributed by atoms with van der Waals surface area (Å²) in [5.74, 6) is 0. The summed E-state index contributed by atoms with van der Waals surface area (Å²) in [4.78, 5) is 19.3. The normalized spacial score (nSPS) is 11.8.